The summed E-state index contributed by atoms with van der Waals surface area (Å²) in [6, 6.07) is 8.63. The van der Waals surface area contributed by atoms with E-state index in [-0.39, 0.29) is 18.4 Å². The molecule has 1 aliphatic heterocycles. The van der Waals surface area contributed by atoms with E-state index in [1.54, 1.807) is 24.3 Å². The number of esters is 2. The van der Waals surface area contributed by atoms with Crippen LogP contribution in [0.2, 0.25) is 0 Å². The van der Waals surface area contributed by atoms with Crippen molar-refractivity contribution in [3.05, 3.63) is 65.0 Å². The zero-order valence-corrected chi connectivity index (χ0v) is 16.3. The molecule has 0 N–H and O–H groups in total. The summed E-state index contributed by atoms with van der Waals surface area (Å²) in [6.07, 6.45) is 3.40. The van der Waals surface area contributed by atoms with Gasteiger partial charge in [0.25, 0.3) is 0 Å². The predicted octanol–water partition coefficient (Wildman–Crippen LogP) is 2.15. The van der Waals surface area contributed by atoms with E-state index >= 15 is 0 Å². The topological polar surface area (TPSA) is 120 Å². The lowest BCUT2D eigenvalue weighted by Crippen LogP contribution is -2.50. The Bertz CT molecular complexity index is 1070. The fourth-order valence-electron chi connectivity index (χ4n) is 2.94. The summed E-state index contributed by atoms with van der Waals surface area (Å²) in [6.45, 7) is 1.21. The van der Waals surface area contributed by atoms with Gasteiger partial charge in [0.05, 0.1) is 37.2 Å². The Morgan fingerprint density at radius 2 is 1.77 bits per heavy atom. The van der Waals surface area contributed by atoms with Gasteiger partial charge in [0, 0.05) is 5.56 Å². The Morgan fingerprint density at radius 3 is 2.40 bits per heavy atom. The van der Waals surface area contributed by atoms with Crippen LogP contribution < -0.4 is 0 Å². The fourth-order valence-corrected chi connectivity index (χ4v) is 2.94. The first-order chi connectivity index (χ1) is 14.3. The molecule has 1 aromatic carbocycles. The first-order valence-corrected chi connectivity index (χ1v) is 8.97. The van der Waals surface area contributed by atoms with Gasteiger partial charge in [-0.2, -0.15) is 5.26 Å². The standard InChI is InChI=1S/C22H17NO7/c1-22(30-20(26)8-7-19(25)28-2)18(24)10-15-9-17(29-12-16(15)21(22)27)14-5-3-13(11-23)4-6-14/h3-6,9-10,12H,7-8H2,1-2H3. The van der Waals surface area contributed by atoms with Crippen molar-refractivity contribution in [2.45, 2.75) is 25.4 Å². The molecule has 0 bridgehead atoms. The average molecular weight is 407 g/mol. The molecule has 0 radical (unpaired) electrons. The van der Waals surface area contributed by atoms with Crippen LogP contribution in [0.5, 0.6) is 0 Å². The van der Waals surface area contributed by atoms with Gasteiger partial charge >= 0.3 is 11.9 Å². The molecule has 0 spiro atoms. The Kier molecular flexibility index (Phi) is 5.65. The number of methoxy groups -OCH3 is 1. The summed E-state index contributed by atoms with van der Waals surface area (Å²) in [7, 11) is 1.19. The van der Waals surface area contributed by atoms with Crippen LogP contribution in [-0.4, -0.2) is 36.2 Å². The van der Waals surface area contributed by atoms with Crippen molar-refractivity contribution in [2.24, 2.45) is 0 Å². The van der Waals surface area contributed by atoms with E-state index in [1.165, 1.54) is 32.4 Å². The van der Waals surface area contributed by atoms with Gasteiger partial charge in [-0.05, 0) is 48.9 Å². The molecular formula is C22H17NO7. The molecular weight excluding hydrogens is 390 g/mol. The summed E-state index contributed by atoms with van der Waals surface area (Å²) >= 11 is 0. The number of carbonyl (C=O) groups is 4. The number of hydrogen-bond donors (Lipinski definition) is 0. The maximum atomic E-state index is 12.9. The summed E-state index contributed by atoms with van der Waals surface area (Å²) < 4.78 is 15.1. The summed E-state index contributed by atoms with van der Waals surface area (Å²) in [4.78, 5) is 48.7. The molecule has 0 saturated heterocycles. The van der Waals surface area contributed by atoms with E-state index in [1.807, 2.05) is 6.07 Å². The second-order valence-corrected chi connectivity index (χ2v) is 6.72. The third-order valence-corrected chi connectivity index (χ3v) is 4.71. The van der Waals surface area contributed by atoms with Gasteiger partial charge in [0.2, 0.25) is 17.2 Å². The number of ether oxygens (including phenoxy) is 3. The largest absolute Gasteiger partial charge is 0.469 e. The molecule has 0 aromatic heterocycles. The minimum atomic E-state index is -2.04. The van der Waals surface area contributed by atoms with Crippen LogP contribution in [0.4, 0.5) is 0 Å². The van der Waals surface area contributed by atoms with Gasteiger partial charge in [-0.1, -0.05) is 0 Å². The number of Topliss-reactive ketones (excluding diaryl/α,β-unsaturated/α-hetero) is 1. The van der Waals surface area contributed by atoms with E-state index in [0.29, 0.717) is 22.5 Å². The Balaban J connectivity index is 1.82. The summed E-state index contributed by atoms with van der Waals surface area (Å²) in [5, 5.41) is 8.89. The van der Waals surface area contributed by atoms with Crippen molar-refractivity contribution >= 4 is 29.3 Å². The lowest BCUT2D eigenvalue weighted by Gasteiger charge is -2.31. The lowest BCUT2D eigenvalue weighted by molar-refractivity contribution is -0.169. The smallest absolute Gasteiger partial charge is 0.307 e. The van der Waals surface area contributed by atoms with E-state index in [9.17, 15) is 19.2 Å². The third-order valence-electron chi connectivity index (χ3n) is 4.71. The lowest BCUT2D eigenvalue weighted by atomic mass is 9.80. The summed E-state index contributed by atoms with van der Waals surface area (Å²) in [5.41, 5.74) is -0.467. The summed E-state index contributed by atoms with van der Waals surface area (Å²) in [5.74, 6) is -2.49. The quantitative estimate of drug-likeness (QED) is 0.538. The molecule has 1 aromatic rings. The SMILES string of the molecule is COC(=O)CCC(=O)OC1(C)C(=O)C=C2C=C(c3ccc(C#N)cc3)OC=C2C1=O. The number of rotatable bonds is 5. The van der Waals surface area contributed by atoms with Gasteiger partial charge in [-0.3, -0.25) is 19.2 Å². The van der Waals surface area contributed by atoms with Crippen LogP contribution in [0.1, 0.15) is 30.9 Å². The van der Waals surface area contributed by atoms with Crippen molar-refractivity contribution < 1.29 is 33.4 Å². The molecule has 1 aliphatic carbocycles. The first kappa shape index (κ1) is 20.7. The number of nitriles is 1. The van der Waals surface area contributed by atoms with E-state index in [2.05, 4.69) is 4.74 Å². The average Bonchev–Trinajstić information content (AvgIpc) is 2.76. The molecule has 0 fully saturated rings. The van der Waals surface area contributed by atoms with E-state index in [0.717, 1.165) is 0 Å². The van der Waals surface area contributed by atoms with Crippen molar-refractivity contribution in [2.75, 3.05) is 7.11 Å². The molecule has 8 nitrogen and oxygen atoms in total. The van der Waals surface area contributed by atoms with Crippen LogP contribution in [0.3, 0.4) is 0 Å². The molecule has 0 amide bonds. The van der Waals surface area contributed by atoms with Crippen molar-refractivity contribution in [1.82, 2.24) is 0 Å². The molecule has 2 aliphatic rings. The number of ketones is 2. The Hall–Kier alpha value is -3.99. The highest BCUT2D eigenvalue weighted by Gasteiger charge is 2.49. The van der Waals surface area contributed by atoms with Gasteiger partial charge in [0.1, 0.15) is 12.0 Å². The molecule has 1 atom stereocenters. The van der Waals surface area contributed by atoms with Gasteiger partial charge < -0.3 is 14.2 Å². The van der Waals surface area contributed by atoms with Crippen LogP contribution in [0.15, 0.2) is 53.8 Å². The maximum absolute atomic E-state index is 12.9. The zero-order chi connectivity index (χ0) is 21.9. The molecule has 1 unspecified atom stereocenters. The van der Waals surface area contributed by atoms with Crippen LogP contribution in [0.25, 0.3) is 5.76 Å². The third kappa shape index (κ3) is 3.91. The minimum Gasteiger partial charge on any atom is -0.469 e. The first-order valence-electron chi connectivity index (χ1n) is 8.97. The van der Waals surface area contributed by atoms with E-state index in [4.69, 9.17) is 14.7 Å². The number of nitrogens with zero attached hydrogens (tertiary/aromatic N) is 1. The van der Waals surface area contributed by atoms with Gasteiger partial charge in [-0.25, -0.2) is 0 Å². The number of carbonyl (C=O) groups excluding carboxylic acids is 4. The van der Waals surface area contributed by atoms with Crippen LogP contribution in [0, 0.1) is 11.3 Å². The number of hydrogen-bond acceptors (Lipinski definition) is 8. The number of fused-ring (bicyclic) bond motifs is 1. The molecule has 8 heteroatoms. The molecule has 3 rings (SSSR count). The second-order valence-electron chi connectivity index (χ2n) is 6.72. The maximum Gasteiger partial charge on any atom is 0.307 e. The molecule has 1 heterocycles. The molecule has 30 heavy (non-hydrogen) atoms. The van der Waals surface area contributed by atoms with Crippen LogP contribution >= 0.6 is 0 Å². The Labute approximate surface area is 172 Å². The molecule has 152 valence electrons. The second kappa shape index (κ2) is 8.17. The normalized spacial score (nSPS) is 20.0. The zero-order valence-electron chi connectivity index (χ0n) is 16.3. The van der Waals surface area contributed by atoms with Gasteiger partial charge in [-0.15, -0.1) is 0 Å². The fraction of sp³-hybridized carbons (Fsp3) is 0.227. The number of benzene rings is 1. The van der Waals surface area contributed by atoms with E-state index < -0.39 is 29.1 Å². The monoisotopic (exact) mass is 407 g/mol. The predicted molar refractivity (Wildman–Crippen MR) is 102 cm³/mol. The highest BCUT2D eigenvalue weighted by atomic mass is 16.6. The van der Waals surface area contributed by atoms with Crippen LogP contribution in [-0.2, 0) is 33.4 Å². The van der Waals surface area contributed by atoms with Crippen molar-refractivity contribution in [3.63, 3.8) is 0 Å². The van der Waals surface area contributed by atoms with Crippen molar-refractivity contribution in [3.8, 4) is 6.07 Å². The highest BCUT2D eigenvalue weighted by molar-refractivity contribution is 6.26. The Morgan fingerprint density at radius 1 is 1.10 bits per heavy atom. The van der Waals surface area contributed by atoms with Gasteiger partial charge in [0.15, 0.2) is 0 Å². The number of allylic oxidation sites excluding steroid dienone is 2. The molecule has 0 saturated carbocycles. The van der Waals surface area contributed by atoms with Crippen molar-refractivity contribution in [1.29, 1.82) is 5.26 Å². The minimum absolute atomic E-state index is 0.0928. The highest BCUT2D eigenvalue weighted by Crippen LogP contribution is 2.35.